The molecule has 0 saturated carbocycles. The molecule has 1 N–H and O–H groups in total. The first kappa shape index (κ1) is 15.3. The highest BCUT2D eigenvalue weighted by Crippen LogP contribution is 2.20. The Hall–Kier alpha value is -0.800. The van der Waals surface area contributed by atoms with Gasteiger partial charge in [-0.2, -0.15) is 0 Å². The van der Waals surface area contributed by atoms with Crippen molar-refractivity contribution < 1.29 is 9.15 Å². The maximum atomic E-state index is 5.84. The van der Waals surface area contributed by atoms with Crippen molar-refractivity contribution in [2.24, 2.45) is 0 Å². The molecule has 3 heteroatoms. The maximum absolute atomic E-state index is 5.84. The van der Waals surface area contributed by atoms with Gasteiger partial charge in [0.2, 0.25) is 0 Å². The number of hydrogen-bond donors (Lipinski definition) is 1. The predicted molar refractivity (Wildman–Crippen MR) is 74.6 cm³/mol. The van der Waals surface area contributed by atoms with Gasteiger partial charge in [-0.25, -0.2) is 0 Å². The summed E-state index contributed by atoms with van der Waals surface area (Å²) in [5, 5.41) is 3.35. The lowest BCUT2D eigenvalue weighted by atomic mass is 10.1. The predicted octanol–water partition coefficient (Wildman–Crippen LogP) is 3.79. The van der Waals surface area contributed by atoms with Gasteiger partial charge in [-0.3, -0.25) is 0 Å². The van der Waals surface area contributed by atoms with Gasteiger partial charge in [0, 0.05) is 0 Å². The third kappa shape index (κ3) is 4.83. The van der Waals surface area contributed by atoms with E-state index in [9.17, 15) is 0 Å². The number of aryl methyl sites for hydroxylation is 1. The molecule has 0 radical (unpaired) electrons. The summed E-state index contributed by atoms with van der Waals surface area (Å²) >= 11 is 0. The Morgan fingerprint density at radius 3 is 2.67 bits per heavy atom. The Bertz CT molecular complexity index is 355. The van der Waals surface area contributed by atoms with E-state index in [1.54, 1.807) is 0 Å². The lowest BCUT2D eigenvalue weighted by Crippen LogP contribution is -2.22. The molecule has 104 valence electrons. The van der Waals surface area contributed by atoms with E-state index in [1.165, 1.54) is 5.56 Å². The van der Waals surface area contributed by atoms with Crippen LogP contribution in [-0.2, 0) is 17.9 Å². The minimum absolute atomic E-state index is 0.0820. The second-order valence-electron chi connectivity index (χ2n) is 5.40. The highest BCUT2D eigenvalue weighted by atomic mass is 16.5. The standard InChI is InChI=1S/C15H27NO2/c1-6-8-16-10-14-12(3)9-13(18-14)11-17-15(4,5)7-2/h9,16H,6-8,10-11H2,1-5H3. The van der Waals surface area contributed by atoms with Crippen molar-refractivity contribution in [3.8, 4) is 0 Å². The van der Waals surface area contributed by atoms with E-state index in [0.29, 0.717) is 6.61 Å². The van der Waals surface area contributed by atoms with Gasteiger partial charge in [0.15, 0.2) is 0 Å². The van der Waals surface area contributed by atoms with Crippen LogP contribution in [0.4, 0.5) is 0 Å². The van der Waals surface area contributed by atoms with Gasteiger partial charge in [-0.1, -0.05) is 13.8 Å². The molecule has 0 saturated heterocycles. The van der Waals surface area contributed by atoms with Gasteiger partial charge in [-0.15, -0.1) is 0 Å². The highest BCUT2D eigenvalue weighted by molar-refractivity contribution is 5.19. The van der Waals surface area contributed by atoms with E-state index in [0.717, 1.165) is 37.5 Å². The fraction of sp³-hybridized carbons (Fsp3) is 0.733. The summed E-state index contributed by atoms with van der Waals surface area (Å²) in [5.74, 6) is 1.94. The maximum Gasteiger partial charge on any atom is 0.130 e. The second-order valence-corrected chi connectivity index (χ2v) is 5.40. The fourth-order valence-corrected chi connectivity index (χ4v) is 1.58. The molecule has 0 aliphatic rings. The summed E-state index contributed by atoms with van der Waals surface area (Å²) in [5.41, 5.74) is 1.12. The molecule has 0 aliphatic heterocycles. The Morgan fingerprint density at radius 1 is 1.33 bits per heavy atom. The third-order valence-electron chi connectivity index (χ3n) is 3.24. The zero-order valence-electron chi connectivity index (χ0n) is 12.4. The van der Waals surface area contributed by atoms with E-state index in [-0.39, 0.29) is 5.60 Å². The van der Waals surface area contributed by atoms with E-state index in [2.05, 4.69) is 46.0 Å². The first-order chi connectivity index (χ1) is 8.48. The largest absolute Gasteiger partial charge is 0.462 e. The van der Waals surface area contributed by atoms with Crippen LogP contribution in [0, 0.1) is 6.92 Å². The molecule has 1 rings (SSSR count). The molecule has 0 atom stereocenters. The van der Waals surface area contributed by atoms with Gasteiger partial charge in [0.05, 0.1) is 12.1 Å². The van der Waals surface area contributed by atoms with Crippen LogP contribution in [0.2, 0.25) is 0 Å². The molecule has 0 amide bonds. The second kappa shape index (κ2) is 6.95. The van der Waals surface area contributed by atoms with Crippen LogP contribution in [0.5, 0.6) is 0 Å². The zero-order valence-corrected chi connectivity index (χ0v) is 12.4. The SMILES string of the molecule is CCCNCc1oc(COC(C)(C)CC)cc1C. The Morgan fingerprint density at radius 2 is 2.06 bits per heavy atom. The normalized spacial score (nSPS) is 12.1. The molecule has 0 spiro atoms. The Kier molecular flexibility index (Phi) is 5.89. The van der Waals surface area contributed by atoms with Crippen LogP contribution in [-0.4, -0.2) is 12.1 Å². The van der Waals surface area contributed by atoms with Crippen molar-refractivity contribution in [2.75, 3.05) is 6.54 Å². The molecule has 0 fully saturated rings. The van der Waals surface area contributed by atoms with Gasteiger partial charge in [0.25, 0.3) is 0 Å². The van der Waals surface area contributed by atoms with Gasteiger partial charge in [0.1, 0.15) is 18.1 Å². The monoisotopic (exact) mass is 253 g/mol. The quantitative estimate of drug-likeness (QED) is 0.716. The van der Waals surface area contributed by atoms with Crippen molar-refractivity contribution in [3.05, 3.63) is 23.2 Å². The van der Waals surface area contributed by atoms with E-state index in [4.69, 9.17) is 9.15 Å². The first-order valence-electron chi connectivity index (χ1n) is 6.91. The van der Waals surface area contributed by atoms with E-state index < -0.39 is 0 Å². The summed E-state index contributed by atoms with van der Waals surface area (Å²) in [6.07, 6.45) is 2.14. The van der Waals surface area contributed by atoms with Gasteiger partial charge in [-0.05, 0) is 51.8 Å². The highest BCUT2D eigenvalue weighted by Gasteiger charge is 2.16. The van der Waals surface area contributed by atoms with Gasteiger partial charge >= 0.3 is 0 Å². The molecule has 0 unspecified atom stereocenters. The number of furan rings is 1. The van der Waals surface area contributed by atoms with E-state index >= 15 is 0 Å². The van der Waals surface area contributed by atoms with Crippen molar-refractivity contribution in [1.82, 2.24) is 5.32 Å². The van der Waals surface area contributed by atoms with E-state index in [1.807, 2.05) is 0 Å². The zero-order chi connectivity index (χ0) is 13.6. The lowest BCUT2D eigenvalue weighted by Gasteiger charge is -2.22. The number of hydrogen-bond acceptors (Lipinski definition) is 3. The minimum Gasteiger partial charge on any atom is -0.462 e. The Balaban J connectivity index is 2.50. The first-order valence-corrected chi connectivity index (χ1v) is 6.91. The van der Waals surface area contributed by atoms with Crippen LogP contribution in [0.3, 0.4) is 0 Å². The van der Waals surface area contributed by atoms with Crippen molar-refractivity contribution in [3.63, 3.8) is 0 Å². The van der Waals surface area contributed by atoms with Crippen LogP contribution in [0.25, 0.3) is 0 Å². The lowest BCUT2D eigenvalue weighted by molar-refractivity contribution is -0.0386. The smallest absolute Gasteiger partial charge is 0.130 e. The van der Waals surface area contributed by atoms with Crippen molar-refractivity contribution >= 4 is 0 Å². The van der Waals surface area contributed by atoms with Crippen molar-refractivity contribution in [2.45, 2.75) is 66.2 Å². The van der Waals surface area contributed by atoms with Crippen molar-refractivity contribution in [1.29, 1.82) is 0 Å². The van der Waals surface area contributed by atoms with Crippen LogP contribution in [0.1, 0.15) is 57.6 Å². The molecule has 0 aliphatic carbocycles. The molecule has 1 aromatic rings. The van der Waals surface area contributed by atoms with Crippen LogP contribution in [0.15, 0.2) is 10.5 Å². The molecule has 18 heavy (non-hydrogen) atoms. The van der Waals surface area contributed by atoms with Gasteiger partial charge < -0.3 is 14.5 Å². The molecule has 1 heterocycles. The summed E-state index contributed by atoms with van der Waals surface area (Å²) in [4.78, 5) is 0. The summed E-state index contributed by atoms with van der Waals surface area (Å²) < 4.78 is 11.7. The summed E-state index contributed by atoms with van der Waals surface area (Å²) in [7, 11) is 0. The molecular weight excluding hydrogens is 226 g/mol. The fourth-order valence-electron chi connectivity index (χ4n) is 1.58. The average molecular weight is 253 g/mol. The molecule has 0 bridgehead atoms. The topological polar surface area (TPSA) is 34.4 Å². The number of rotatable bonds is 8. The molecule has 3 nitrogen and oxygen atoms in total. The third-order valence-corrected chi connectivity index (χ3v) is 3.24. The van der Waals surface area contributed by atoms with Crippen LogP contribution >= 0.6 is 0 Å². The average Bonchev–Trinajstić information content (AvgIpc) is 2.69. The molecule has 0 aromatic carbocycles. The molecule has 1 aromatic heterocycles. The summed E-state index contributed by atoms with van der Waals surface area (Å²) in [6, 6.07) is 2.08. The van der Waals surface area contributed by atoms with Crippen LogP contribution < -0.4 is 5.32 Å². The minimum atomic E-state index is -0.0820. The number of nitrogens with one attached hydrogen (secondary N) is 1. The molecular formula is C15H27NO2. The Labute approximate surface area is 111 Å². The summed E-state index contributed by atoms with van der Waals surface area (Å²) in [6.45, 7) is 13.0. The number of ether oxygens (including phenoxy) is 1.